The fraction of sp³-hybridized carbons (Fsp3) is 0.571. The third kappa shape index (κ3) is 3.01. The number of rotatable bonds is 3. The van der Waals surface area contributed by atoms with Crippen LogP contribution in [0.25, 0.3) is 0 Å². The number of halogens is 1. The molecular weight excluding hydrogens is 234 g/mol. The molecule has 1 aromatic rings. The van der Waals surface area contributed by atoms with Gasteiger partial charge in [-0.1, -0.05) is 30.3 Å². The normalized spacial score (nSPS) is 21.6. The Balaban J connectivity index is 0.00000144. The summed E-state index contributed by atoms with van der Waals surface area (Å²) in [5.41, 5.74) is 0.308. The van der Waals surface area contributed by atoms with Crippen molar-refractivity contribution in [2.24, 2.45) is 0 Å². The Morgan fingerprint density at radius 2 is 1.71 bits per heavy atom. The monoisotopic (exact) mass is 255 g/mol. The van der Waals surface area contributed by atoms with Gasteiger partial charge in [0, 0.05) is 12.8 Å². The van der Waals surface area contributed by atoms with Crippen molar-refractivity contribution in [2.45, 2.75) is 38.3 Å². The van der Waals surface area contributed by atoms with Crippen molar-refractivity contribution in [3.63, 3.8) is 0 Å². The molecule has 2 nitrogen and oxygen atoms in total. The van der Waals surface area contributed by atoms with E-state index < -0.39 is 5.60 Å². The smallest absolute Gasteiger partial charge is 0.138 e. The number of quaternary nitrogens is 1. The Morgan fingerprint density at radius 1 is 1.18 bits per heavy atom. The van der Waals surface area contributed by atoms with E-state index in [2.05, 4.69) is 6.92 Å². The van der Waals surface area contributed by atoms with E-state index in [1.165, 1.54) is 30.8 Å². The largest absolute Gasteiger partial charge is 1.00 e. The number of benzene rings is 1. The predicted octanol–water partition coefficient (Wildman–Crippen LogP) is -2.03. The van der Waals surface area contributed by atoms with Crippen LogP contribution in [0.5, 0.6) is 0 Å². The molecule has 1 fully saturated rings. The number of hydrogen-bond donors (Lipinski definition) is 2. The lowest BCUT2D eigenvalue weighted by Gasteiger charge is -2.34. The SMILES string of the molecule is C[C@H]([NH+]1CCCC1)[C@](C)(O)c1ccccc1.[Cl-]. The van der Waals surface area contributed by atoms with E-state index in [-0.39, 0.29) is 18.4 Å². The standard InChI is InChI=1S/C14H21NO.ClH/c1-12(15-10-6-7-11-15)14(2,16)13-8-4-3-5-9-13;/h3-5,8-9,12,16H,6-7,10-11H2,1-2H3;1H/t12-,14-;/m0./s1. The Hall–Kier alpha value is -0.570. The van der Waals surface area contributed by atoms with Crippen molar-refractivity contribution in [3.05, 3.63) is 35.9 Å². The van der Waals surface area contributed by atoms with E-state index in [9.17, 15) is 5.11 Å². The fourth-order valence-electron chi connectivity index (χ4n) is 2.69. The fourth-order valence-corrected chi connectivity index (χ4v) is 2.69. The average Bonchev–Trinajstić information content (AvgIpc) is 2.82. The van der Waals surface area contributed by atoms with E-state index in [1.54, 1.807) is 0 Å². The zero-order valence-corrected chi connectivity index (χ0v) is 11.4. The number of likely N-dealkylation sites (tertiary alicyclic amines) is 1. The van der Waals surface area contributed by atoms with E-state index in [4.69, 9.17) is 0 Å². The molecule has 0 spiro atoms. The third-order valence-corrected chi connectivity index (χ3v) is 4.06. The van der Waals surface area contributed by atoms with Crippen LogP contribution in [0, 0.1) is 0 Å². The molecule has 2 N–H and O–H groups in total. The maximum absolute atomic E-state index is 10.7. The van der Waals surface area contributed by atoms with Crippen LogP contribution in [0.1, 0.15) is 32.3 Å². The van der Waals surface area contributed by atoms with Crippen molar-refractivity contribution in [3.8, 4) is 0 Å². The second-order valence-corrected chi connectivity index (χ2v) is 5.10. The molecule has 1 aliphatic heterocycles. The summed E-state index contributed by atoms with van der Waals surface area (Å²) in [6.45, 7) is 6.50. The molecule has 1 saturated heterocycles. The first-order chi connectivity index (χ1) is 7.62. The number of nitrogens with one attached hydrogen (secondary N) is 1. The summed E-state index contributed by atoms with van der Waals surface area (Å²) in [6, 6.07) is 10.3. The summed E-state index contributed by atoms with van der Waals surface area (Å²) in [6.07, 6.45) is 2.59. The molecule has 0 unspecified atom stereocenters. The molecule has 0 saturated carbocycles. The molecule has 1 heterocycles. The summed E-state index contributed by atoms with van der Waals surface area (Å²) in [5.74, 6) is 0. The van der Waals surface area contributed by atoms with Gasteiger partial charge in [-0.25, -0.2) is 0 Å². The minimum absolute atomic E-state index is 0. The van der Waals surface area contributed by atoms with Crippen molar-refractivity contribution in [1.82, 2.24) is 0 Å². The van der Waals surface area contributed by atoms with Crippen LogP contribution in [0.2, 0.25) is 0 Å². The molecule has 0 amide bonds. The second kappa shape index (κ2) is 5.85. The van der Waals surface area contributed by atoms with Gasteiger partial charge in [-0.2, -0.15) is 0 Å². The summed E-state index contributed by atoms with van der Waals surface area (Å²) >= 11 is 0. The molecule has 2 atom stereocenters. The Bertz CT molecular complexity index is 333. The minimum Gasteiger partial charge on any atom is -1.00 e. The highest BCUT2D eigenvalue weighted by Gasteiger charge is 2.38. The Kier molecular flexibility index (Phi) is 4.99. The van der Waals surface area contributed by atoms with Gasteiger partial charge in [0.2, 0.25) is 0 Å². The molecule has 1 aromatic carbocycles. The topological polar surface area (TPSA) is 24.7 Å². The van der Waals surface area contributed by atoms with E-state index in [0.717, 1.165) is 5.56 Å². The lowest BCUT2D eigenvalue weighted by Crippen LogP contribution is -3.15. The van der Waals surface area contributed by atoms with Gasteiger partial charge in [-0.15, -0.1) is 0 Å². The van der Waals surface area contributed by atoms with Crippen LogP contribution in [0.4, 0.5) is 0 Å². The first-order valence-electron chi connectivity index (χ1n) is 6.25. The van der Waals surface area contributed by atoms with Gasteiger partial charge < -0.3 is 22.4 Å². The quantitative estimate of drug-likeness (QED) is 0.640. The summed E-state index contributed by atoms with van der Waals surface area (Å²) in [7, 11) is 0. The van der Waals surface area contributed by atoms with E-state index in [1.807, 2.05) is 37.3 Å². The van der Waals surface area contributed by atoms with E-state index >= 15 is 0 Å². The third-order valence-electron chi connectivity index (χ3n) is 4.06. The lowest BCUT2D eigenvalue weighted by molar-refractivity contribution is -0.920. The maximum atomic E-state index is 10.7. The van der Waals surface area contributed by atoms with Gasteiger partial charge in [0.25, 0.3) is 0 Å². The van der Waals surface area contributed by atoms with Crippen molar-refractivity contribution in [2.75, 3.05) is 13.1 Å². The van der Waals surface area contributed by atoms with Crippen LogP contribution in [0.3, 0.4) is 0 Å². The van der Waals surface area contributed by atoms with Gasteiger partial charge in [0.05, 0.1) is 13.1 Å². The highest BCUT2D eigenvalue weighted by Crippen LogP contribution is 2.23. The predicted molar refractivity (Wildman–Crippen MR) is 65.4 cm³/mol. The highest BCUT2D eigenvalue weighted by atomic mass is 35.5. The van der Waals surface area contributed by atoms with Crippen molar-refractivity contribution >= 4 is 0 Å². The van der Waals surface area contributed by atoms with Gasteiger partial charge in [-0.3, -0.25) is 0 Å². The second-order valence-electron chi connectivity index (χ2n) is 5.10. The van der Waals surface area contributed by atoms with E-state index in [0.29, 0.717) is 0 Å². The number of aliphatic hydroxyl groups is 1. The summed E-state index contributed by atoms with van der Waals surface area (Å²) in [5, 5.41) is 10.7. The zero-order valence-electron chi connectivity index (χ0n) is 10.6. The van der Waals surface area contributed by atoms with Crippen LogP contribution in [-0.2, 0) is 5.60 Å². The molecule has 3 heteroatoms. The molecule has 0 radical (unpaired) electrons. The highest BCUT2D eigenvalue weighted by molar-refractivity contribution is 5.22. The van der Waals surface area contributed by atoms with Crippen LogP contribution in [-0.4, -0.2) is 24.2 Å². The van der Waals surface area contributed by atoms with Crippen LogP contribution in [0.15, 0.2) is 30.3 Å². The minimum atomic E-state index is -0.721. The lowest BCUT2D eigenvalue weighted by atomic mass is 9.88. The molecule has 0 aliphatic carbocycles. The molecule has 17 heavy (non-hydrogen) atoms. The first kappa shape index (κ1) is 14.5. The van der Waals surface area contributed by atoms with Crippen LogP contribution < -0.4 is 17.3 Å². The van der Waals surface area contributed by atoms with Crippen LogP contribution >= 0.6 is 0 Å². The first-order valence-corrected chi connectivity index (χ1v) is 6.25. The van der Waals surface area contributed by atoms with Gasteiger partial charge in [0.1, 0.15) is 11.6 Å². The number of hydrogen-bond acceptors (Lipinski definition) is 1. The van der Waals surface area contributed by atoms with Crippen molar-refractivity contribution < 1.29 is 22.4 Å². The maximum Gasteiger partial charge on any atom is 0.138 e. The summed E-state index contributed by atoms with van der Waals surface area (Å²) < 4.78 is 0. The molecule has 1 aliphatic rings. The van der Waals surface area contributed by atoms with Gasteiger partial charge in [0.15, 0.2) is 0 Å². The molecule has 0 aromatic heterocycles. The molecule has 96 valence electrons. The Morgan fingerprint density at radius 3 is 2.24 bits per heavy atom. The molecule has 0 bridgehead atoms. The summed E-state index contributed by atoms with van der Waals surface area (Å²) in [4.78, 5) is 1.54. The Labute approximate surface area is 110 Å². The molecule has 2 rings (SSSR count). The molecular formula is C14H22ClNO. The zero-order chi connectivity index (χ0) is 11.6. The average molecular weight is 256 g/mol. The van der Waals surface area contributed by atoms with Gasteiger partial charge >= 0.3 is 0 Å². The van der Waals surface area contributed by atoms with Gasteiger partial charge in [-0.05, 0) is 19.4 Å². The van der Waals surface area contributed by atoms with Crippen molar-refractivity contribution in [1.29, 1.82) is 0 Å².